The van der Waals surface area contributed by atoms with E-state index in [0.717, 1.165) is 33.0 Å². The second-order valence-electron chi connectivity index (χ2n) is 3.80. The highest BCUT2D eigenvalue weighted by atomic mass is 79.9. The lowest BCUT2D eigenvalue weighted by Gasteiger charge is -1.99. The first-order valence-electron chi connectivity index (χ1n) is 5.69. The third-order valence-electron chi connectivity index (χ3n) is 2.33. The van der Waals surface area contributed by atoms with Crippen molar-refractivity contribution < 1.29 is 4.39 Å². The summed E-state index contributed by atoms with van der Waals surface area (Å²) in [6.07, 6.45) is 1.08. The van der Waals surface area contributed by atoms with Crippen LogP contribution in [0.2, 0.25) is 0 Å². The molecule has 2 aromatic rings. The highest BCUT2D eigenvalue weighted by Gasteiger charge is 2.10. The number of nitrogens with zero attached hydrogens (tertiary/aromatic N) is 2. The van der Waals surface area contributed by atoms with Gasteiger partial charge in [0.15, 0.2) is 0 Å². The molecule has 1 aromatic heterocycles. The highest BCUT2D eigenvalue weighted by Crippen LogP contribution is 2.31. The van der Waals surface area contributed by atoms with Gasteiger partial charge in [-0.15, -0.1) is 10.2 Å². The fourth-order valence-electron chi connectivity index (χ4n) is 1.47. The Labute approximate surface area is 118 Å². The van der Waals surface area contributed by atoms with E-state index in [2.05, 4.69) is 38.4 Å². The lowest BCUT2D eigenvalue weighted by molar-refractivity contribution is 0.628. The molecule has 0 bridgehead atoms. The molecule has 18 heavy (non-hydrogen) atoms. The summed E-state index contributed by atoms with van der Waals surface area (Å²) in [5.74, 6) is -0.269. The van der Waals surface area contributed by atoms with Gasteiger partial charge < -0.3 is 5.32 Å². The minimum atomic E-state index is -0.269. The van der Waals surface area contributed by atoms with Crippen LogP contribution in [0.25, 0.3) is 10.6 Å². The van der Waals surface area contributed by atoms with Gasteiger partial charge >= 0.3 is 0 Å². The summed E-state index contributed by atoms with van der Waals surface area (Å²) in [5, 5.41) is 13.1. The molecule has 2 rings (SSSR count). The first kappa shape index (κ1) is 13.6. The molecule has 0 fully saturated rings. The van der Waals surface area contributed by atoms with E-state index >= 15 is 0 Å². The largest absolute Gasteiger partial charge is 0.310 e. The van der Waals surface area contributed by atoms with E-state index in [9.17, 15) is 4.39 Å². The van der Waals surface area contributed by atoms with Crippen LogP contribution in [-0.4, -0.2) is 16.7 Å². The maximum absolute atomic E-state index is 13.2. The minimum absolute atomic E-state index is 0.269. The van der Waals surface area contributed by atoms with Crippen LogP contribution >= 0.6 is 27.3 Å². The van der Waals surface area contributed by atoms with Gasteiger partial charge in [-0.25, -0.2) is 4.39 Å². The molecule has 0 aliphatic heterocycles. The van der Waals surface area contributed by atoms with Gasteiger partial charge in [0.25, 0.3) is 0 Å². The molecule has 1 aromatic carbocycles. The second-order valence-corrected chi connectivity index (χ2v) is 5.72. The van der Waals surface area contributed by atoms with Crippen LogP contribution in [0.5, 0.6) is 0 Å². The number of halogens is 2. The summed E-state index contributed by atoms with van der Waals surface area (Å²) in [6.45, 7) is 3.78. The summed E-state index contributed by atoms with van der Waals surface area (Å²) < 4.78 is 14.0. The maximum atomic E-state index is 13.2. The Morgan fingerprint density at radius 3 is 3.00 bits per heavy atom. The molecule has 0 saturated carbocycles. The first-order chi connectivity index (χ1) is 8.70. The van der Waals surface area contributed by atoms with Crippen molar-refractivity contribution in [2.75, 3.05) is 6.54 Å². The molecule has 3 nitrogen and oxygen atoms in total. The summed E-state index contributed by atoms with van der Waals surface area (Å²) >= 11 is 4.87. The van der Waals surface area contributed by atoms with Gasteiger partial charge in [-0.1, -0.05) is 34.2 Å². The van der Waals surface area contributed by atoms with Crippen molar-refractivity contribution in [1.29, 1.82) is 0 Å². The molecule has 0 saturated heterocycles. The monoisotopic (exact) mass is 329 g/mol. The lowest BCUT2D eigenvalue weighted by Crippen LogP contribution is -2.13. The Hall–Kier alpha value is -0.850. The van der Waals surface area contributed by atoms with E-state index in [1.165, 1.54) is 23.5 Å². The van der Waals surface area contributed by atoms with Crippen LogP contribution in [0.3, 0.4) is 0 Å². The molecule has 0 aliphatic carbocycles. The fraction of sp³-hybridized carbons (Fsp3) is 0.333. The molecule has 0 spiro atoms. The molecule has 6 heteroatoms. The summed E-state index contributed by atoms with van der Waals surface area (Å²) in [4.78, 5) is 0. The van der Waals surface area contributed by atoms with Crippen molar-refractivity contribution >= 4 is 27.3 Å². The Bertz CT molecular complexity index is 530. The zero-order valence-electron chi connectivity index (χ0n) is 9.91. The van der Waals surface area contributed by atoms with E-state index in [-0.39, 0.29) is 5.82 Å². The van der Waals surface area contributed by atoms with Crippen LogP contribution in [0, 0.1) is 5.82 Å². The average Bonchev–Trinajstić information content (AvgIpc) is 2.81. The molecule has 96 valence electrons. The molecule has 0 radical (unpaired) electrons. The number of benzene rings is 1. The zero-order chi connectivity index (χ0) is 13.0. The third-order valence-corrected chi connectivity index (χ3v) is 3.98. The van der Waals surface area contributed by atoms with Crippen molar-refractivity contribution in [3.63, 3.8) is 0 Å². The Kier molecular flexibility index (Phi) is 4.79. The molecular weight excluding hydrogens is 317 g/mol. The number of hydrogen-bond acceptors (Lipinski definition) is 4. The fourth-order valence-corrected chi connectivity index (χ4v) is 2.87. The zero-order valence-corrected chi connectivity index (χ0v) is 12.3. The Morgan fingerprint density at radius 1 is 1.39 bits per heavy atom. The molecule has 0 aliphatic rings. The number of aromatic nitrogens is 2. The number of rotatable bonds is 5. The minimum Gasteiger partial charge on any atom is -0.310 e. The third kappa shape index (κ3) is 3.34. The van der Waals surface area contributed by atoms with Gasteiger partial charge in [-0.2, -0.15) is 0 Å². The standard InChI is InChI=1S/C12H13BrFN3S/c1-2-5-15-7-11-16-17-12(18-11)9-6-8(14)3-4-10(9)13/h3-4,6,15H,2,5,7H2,1H3. The highest BCUT2D eigenvalue weighted by molar-refractivity contribution is 9.10. The van der Waals surface area contributed by atoms with E-state index in [1.807, 2.05) is 0 Å². The van der Waals surface area contributed by atoms with Gasteiger partial charge in [0.1, 0.15) is 15.8 Å². The van der Waals surface area contributed by atoms with E-state index in [1.54, 1.807) is 6.07 Å². The Morgan fingerprint density at radius 2 is 2.22 bits per heavy atom. The van der Waals surface area contributed by atoms with E-state index in [4.69, 9.17) is 0 Å². The smallest absolute Gasteiger partial charge is 0.149 e. The second kappa shape index (κ2) is 6.36. The number of hydrogen-bond donors (Lipinski definition) is 1. The molecule has 1 heterocycles. The quantitative estimate of drug-likeness (QED) is 0.851. The van der Waals surface area contributed by atoms with E-state index < -0.39 is 0 Å². The van der Waals surface area contributed by atoms with Gasteiger partial charge in [-0.3, -0.25) is 0 Å². The van der Waals surface area contributed by atoms with E-state index in [0.29, 0.717) is 6.54 Å². The van der Waals surface area contributed by atoms with Crippen molar-refractivity contribution in [2.45, 2.75) is 19.9 Å². The van der Waals surface area contributed by atoms with Gasteiger partial charge in [0.05, 0.1) is 0 Å². The van der Waals surface area contributed by atoms with Crippen molar-refractivity contribution in [3.05, 3.63) is 33.5 Å². The van der Waals surface area contributed by atoms with Crippen LogP contribution in [0.15, 0.2) is 22.7 Å². The van der Waals surface area contributed by atoms with Gasteiger partial charge in [-0.05, 0) is 31.2 Å². The first-order valence-corrected chi connectivity index (χ1v) is 7.30. The van der Waals surface area contributed by atoms with Gasteiger partial charge in [0.2, 0.25) is 0 Å². The molecule has 0 amide bonds. The molecular formula is C12H13BrFN3S. The Balaban J connectivity index is 2.16. The molecule has 1 N–H and O–H groups in total. The van der Waals surface area contributed by atoms with Crippen LogP contribution in [0.4, 0.5) is 4.39 Å². The SMILES string of the molecule is CCCNCc1nnc(-c2cc(F)ccc2Br)s1. The number of nitrogens with one attached hydrogen (secondary N) is 1. The van der Waals surface area contributed by atoms with Crippen molar-refractivity contribution in [3.8, 4) is 10.6 Å². The van der Waals surface area contributed by atoms with Crippen molar-refractivity contribution in [1.82, 2.24) is 15.5 Å². The van der Waals surface area contributed by atoms with Gasteiger partial charge in [0, 0.05) is 16.6 Å². The van der Waals surface area contributed by atoms with Crippen LogP contribution < -0.4 is 5.32 Å². The predicted molar refractivity (Wildman–Crippen MR) is 75.0 cm³/mol. The summed E-state index contributed by atoms with van der Waals surface area (Å²) in [5.41, 5.74) is 0.745. The summed E-state index contributed by atoms with van der Waals surface area (Å²) in [6, 6.07) is 4.56. The molecule has 0 atom stereocenters. The predicted octanol–water partition coefficient (Wildman–Crippen LogP) is 3.61. The maximum Gasteiger partial charge on any atom is 0.149 e. The topological polar surface area (TPSA) is 37.8 Å². The van der Waals surface area contributed by atoms with Crippen molar-refractivity contribution in [2.24, 2.45) is 0 Å². The lowest BCUT2D eigenvalue weighted by atomic mass is 10.2. The summed E-state index contributed by atoms with van der Waals surface area (Å²) in [7, 11) is 0. The average molecular weight is 330 g/mol. The van der Waals surface area contributed by atoms with Crippen LogP contribution in [0.1, 0.15) is 18.4 Å². The molecule has 0 unspecified atom stereocenters. The van der Waals surface area contributed by atoms with Crippen LogP contribution in [-0.2, 0) is 6.54 Å². The normalized spacial score (nSPS) is 10.8.